The summed E-state index contributed by atoms with van der Waals surface area (Å²) in [7, 11) is 0. The smallest absolute Gasteiger partial charge is 0.291 e. The lowest BCUT2D eigenvalue weighted by molar-refractivity contribution is 0.0998. The minimum atomic E-state index is -0.209. The van der Waals surface area contributed by atoms with E-state index < -0.39 is 0 Å². The summed E-state index contributed by atoms with van der Waals surface area (Å²) >= 11 is 5.49. The third kappa shape index (κ3) is 4.00. The fourth-order valence-electron chi connectivity index (χ4n) is 3.58. The van der Waals surface area contributed by atoms with Crippen LogP contribution in [0.5, 0.6) is 0 Å². The highest BCUT2D eigenvalue weighted by Gasteiger charge is 2.19. The number of thioether (sulfide) groups is 1. The molecule has 1 aromatic heterocycles. The molecule has 2 aromatic carbocycles. The van der Waals surface area contributed by atoms with Gasteiger partial charge in [0.25, 0.3) is 5.91 Å². The van der Waals surface area contributed by atoms with E-state index in [4.69, 9.17) is 4.42 Å². The normalized spacial score (nSPS) is 15.1. The first-order valence-corrected chi connectivity index (χ1v) is 11.4. The Morgan fingerprint density at radius 3 is 2.75 bits per heavy atom. The molecule has 1 fully saturated rings. The highest BCUT2D eigenvalue weighted by molar-refractivity contribution is 9.10. The zero-order valence-electron chi connectivity index (χ0n) is 16.0. The maximum atomic E-state index is 12.9. The molecule has 146 valence electrons. The van der Waals surface area contributed by atoms with Crippen LogP contribution < -0.4 is 5.32 Å². The summed E-state index contributed by atoms with van der Waals surface area (Å²) in [6.45, 7) is 7.16. The monoisotopic (exact) mass is 458 g/mol. The summed E-state index contributed by atoms with van der Waals surface area (Å²) in [5.74, 6) is 2.54. The van der Waals surface area contributed by atoms with E-state index >= 15 is 0 Å². The molecule has 28 heavy (non-hydrogen) atoms. The molecule has 1 saturated heterocycles. The van der Waals surface area contributed by atoms with Crippen LogP contribution in [0.4, 0.5) is 5.69 Å². The highest BCUT2D eigenvalue weighted by Crippen LogP contribution is 2.29. The van der Waals surface area contributed by atoms with Gasteiger partial charge in [0.05, 0.1) is 0 Å². The fraction of sp³-hybridized carbons (Fsp3) is 0.318. The predicted octanol–water partition coefficient (Wildman–Crippen LogP) is 5.61. The molecule has 4 nitrogen and oxygen atoms in total. The molecular weight excluding hydrogens is 436 g/mol. The first-order valence-electron chi connectivity index (χ1n) is 9.41. The van der Waals surface area contributed by atoms with Gasteiger partial charge in [-0.1, -0.05) is 28.1 Å². The number of halogens is 1. The summed E-state index contributed by atoms with van der Waals surface area (Å²) < 4.78 is 6.80. The Morgan fingerprint density at radius 1 is 1.18 bits per heavy atom. The van der Waals surface area contributed by atoms with Gasteiger partial charge in [-0.2, -0.15) is 11.8 Å². The lowest BCUT2D eigenvalue weighted by Gasteiger charge is -2.27. The van der Waals surface area contributed by atoms with Crippen molar-refractivity contribution in [3.63, 3.8) is 0 Å². The SMILES string of the molecule is Cc1c(CN2CCSCC2)cccc1NC(=O)c1oc2ccc(Br)cc2c1C. The number of aryl methyl sites for hydroxylation is 1. The second-order valence-corrected chi connectivity index (χ2v) is 9.27. The standard InChI is InChI=1S/C22H23BrN2O2S/c1-14-16(13-25-8-10-28-11-9-25)4-3-5-19(14)24-22(26)21-15(2)18-12-17(23)6-7-20(18)27-21/h3-7,12H,8-11,13H2,1-2H3,(H,24,26). The number of furan rings is 1. The molecule has 3 aromatic rings. The predicted molar refractivity (Wildman–Crippen MR) is 120 cm³/mol. The van der Waals surface area contributed by atoms with Crippen LogP contribution in [0.25, 0.3) is 11.0 Å². The number of amides is 1. The van der Waals surface area contributed by atoms with Crippen molar-refractivity contribution in [1.29, 1.82) is 0 Å². The van der Waals surface area contributed by atoms with Crippen LogP contribution >= 0.6 is 27.7 Å². The number of anilines is 1. The summed E-state index contributed by atoms with van der Waals surface area (Å²) in [5.41, 5.74) is 4.79. The molecule has 0 atom stereocenters. The quantitative estimate of drug-likeness (QED) is 0.551. The van der Waals surface area contributed by atoms with Gasteiger partial charge >= 0.3 is 0 Å². The summed E-state index contributed by atoms with van der Waals surface area (Å²) in [6, 6.07) is 11.9. The van der Waals surface area contributed by atoms with Crippen molar-refractivity contribution in [1.82, 2.24) is 4.90 Å². The van der Waals surface area contributed by atoms with Crippen molar-refractivity contribution in [2.75, 3.05) is 29.9 Å². The zero-order chi connectivity index (χ0) is 19.7. The molecule has 4 rings (SSSR count). The second kappa shape index (κ2) is 8.31. The number of nitrogens with one attached hydrogen (secondary N) is 1. The third-order valence-corrected chi connectivity index (χ3v) is 6.73. The van der Waals surface area contributed by atoms with E-state index in [1.165, 1.54) is 17.1 Å². The molecule has 0 radical (unpaired) electrons. The molecule has 1 amide bonds. The molecule has 6 heteroatoms. The van der Waals surface area contributed by atoms with E-state index in [-0.39, 0.29) is 5.91 Å². The maximum Gasteiger partial charge on any atom is 0.291 e. The van der Waals surface area contributed by atoms with Gasteiger partial charge in [-0.05, 0) is 49.2 Å². The van der Waals surface area contributed by atoms with Gasteiger partial charge in [-0.25, -0.2) is 0 Å². The topological polar surface area (TPSA) is 45.5 Å². The molecule has 0 aliphatic carbocycles. The minimum Gasteiger partial charge on any atom is -0.451 e. The Kier molecular flexibility index (Phi) is 5.80. The third-order valence-electron chi connectivity index (χ3n) is 5.30. The van der Waals surface area contributed by atoms with E-state index in [9.17, 15) is 4.79 Å². The van der Waals surface area contributed by atoms with Crippen LogP contribution in [-0.4, -0.2) is 35.4 Å². The highest BCUT2D eigenvalue weighted by atomic mass is 79.9. The summed E-state index contributed by atoms with van der Waals surface area (Å²) in [4.78, 5) is 15.4. The van der Waals surface area contributed by atoms with Gasteiger partial charge in [-0.15, -0.1) is 0 Å². The van der Waals surface area contributed by atoms with E-state index in [0.717, 1.165) is 51.9 Å². The molecule has 1 N–H and O–H groups in total. The lowest BCUT2D eigenvalue weighted by atomic mass is 10.1. The van der Waals surface area contributed by atoms with E-state index in [0.29, 0.717) is 5.76 Å². The number of benzene rings is 2. The molecule has 2 heterocycles. The molecule has 0 saturated carbocycles. The van der Waals surface area contributed by atoms with Crippen molar-refractivity contribution in [2.24, 2.45) is 0 Å². The number of carbonyl (C=O) groups excluding carboxylic acids is 1. The number of hydrogen-bond donors (Lipinski definition) is 1. The number of nitrogens with zero attached hydrogens (tertiary/aromatic N) is 1. The first kappa shape index (κ1) is 19.6. The Balaban J connectivity index is 1.56. The van der Waals surface area contributed by atoms with Gasteiger partial charge < -0.3 is 9.73 Å². The van der Waals surface area contributed by atoms with Crippen LogP contribution in [0.3, 0.4) is 0 Å². The number of hydrogen-bond acceptors (Lipinski definition) is 4. The van der Waals surface area contributed by atoms with Crippen LogP contribution in [-0.2, 0) is 6.54 Å². The molecule has 0 unspecified atom stereocenters. The van der Waals surface area contributed by atoms with Crippen LogP contribution in [0.2, 0.25) is 0 Å². The van der Waals surface area contributed by atoms with Crippen molar-refractivity contribution in [2.45, 2.75) is 20.4 Å². The van der Waals surface area contributed by atoms with Gasteiger partial charge in [0.2, 0.25) is 0 Å². The van der Waals surface area contributed by atoms with Gasteiger partial charge in [0, 0.05) is 52.2 Å². The molecule has 0 spiro atoms. The Hall–Kier alpha value is -1.76. The van der Waals surface area contributed by atoms with Gasteiger partial charge in [0.1, 0.15) is 5.58 Å². The Bertz CT molecular complexity index is 1020. The number of carbonyl (C=O) groups is 1. The minimum absolute atomic E-state index is 0.209. The fourth-order valence-corrected chi connectivity index (χ4v) is 4.92. The molecule has 1 aliphatic heterocycles. The number of rotatable bonds is 4. The largest absolute Gasteiger partial charge is 0.451 e. The summed E-state index contributed by atoms with van der Waals surface area (Å²) in [6.07, 6.45) is 0. The van der Waals surface area contributed by atoms with E-state index in [1.54, 1.807) is 0 Å². The van der Waals surface area contributed by atoms with E-state index in [1.807, 2.05) is 49.0 Å². The Morgan fingerprint density at radius 2 is 1.96 bits per heavy atom. The average Bonchev–Trinajstić information content (AvgIpc) is 3.02. The summed E-state index contributed by atoms with van der Waals surface area (Å²) in [5, 5.41) is 4.01. The van der Waals surface area contributed by atoms with Crippen molar-refractivity contribution >= 4 is 50.3 Å². The maximum absolute atomic E-state index is 12.9. The van der Waals surface area contributed by atoms with E-state index in [2.05, 4.69) is 39.1 Å². The van der Waals surface area contributed by atoms with Crippen molar-refractivity contribution in [3.05, 3.63) is 63.3 Å². The van der Waals surface area contributed by atoms with Crippen LogP contribution in [0.1, 0.15) is 27.2 Å². The zero-order valence-corrected chi connectivity index (χ0v) is 18.5. The van der Waals surface area contributed by atoms with Gasteiger partial charge in [-0.3, -0.25) is 9.69 Å². The molecule has 1 aliphatic rings. The van der Waals surface area contributed by atoms with Gasteiger partial charge in [0.15, 0.2) is 5.76 Å². The van der Waals surface area contributed by atoms with Crippen LogP contribution in [0, 0.1) is 13.8 Å². The number of fused-ring (bicyclic) bond motifs is 1. The average molecular weight is 459 g/mol. The molecule has 0 bridgehead atoms. The van der Waals surface area contributed by atoms with Crippen LogP contribution in [0.15, 0.2) is 45.3 Å². The lowest BCUT2D eigenvalue weighted by Crippen LogP contribution is -2.32. The first-order chi connectivity index (χ1) is 13.5. The second-order valence-electron chi connectivity index (χ2n) is 7.13. The van der Waals surface area contributed by atoms with Crippen molar-refractivity contribution in [3.8, 4) is 0 Å². The van der Waals surface area contributed by atoms with Crippen molar-refractivity contribution < 1.29 is 9.21 Å². The molecular formula is C22H23BrN2O2S. The Labute approximate surface area is 177 Å².